The first-order valence-electron chi connectivity index (χ1n) is 5.42. The lowest BCUT2D eigenvalue weighted by atomic mass is 10.1. The molecule has 0 atom stereocenters. The van der Waals surface area contributed by atoms with E-state index in [1.54, 1.807) is 0 Å². The Kier molecular flexibility index (Phi) is 4.71. The van der Waals surface area contributed by atoms with Crippen LogP contribution in [0.4, 0.5) is 26.3 Å². The highest BCUT2D eigenvalue weighted by Crippen LogP contribution is 2.37. The van der Waals surface area contributed by atoms with Gasteiger partial charge in [-0.3, -0.25) is 0 Å². The molecule has 0 spiro atoms. The first-order chi connectivity index (χ1) is 9.34. The number of nitrogens with zero attached hydrogens (tertiary/aromatic N) is 1. The number of nitrogens with two attached hydrogens (primary N) is 1. The van der Waals surface area contributed by atoms with E-state index in [0.29, 0.717) is 0 Å². The number of hydrogen-bond acceptors (Lipinski definition) is 3. The third kappa shape index (κ3) is 4.19. The van der Waals surface area contributed by atoms with Crippen molar-refractivity contribution in [3.8, 4) is 5.88 Å². The third-order valence-electron chi connectivity index (χ3n) is 2.38. The van der Waals surface area contributed by atoms with E-state index in [9.17, 15) is 26.3 Å². The second-order valence-corrected chi connectivity index (χ2v) is 4.65. The van der Waals surface area contributed by atoms with Crippen LogP contribution in [0.25, 0.3) is 0 Å². The van der Waals surface area contributed by atoms with Crippen LogP contribution in [0.15, 0.2) is 6.07 Å². The molecule has 0 amide bonds. The zero-order valence-electron chi connectivity index (χ0n) is 10.8. The van der Waals surface area contributed by atoms with Gasteiger partial charge in [-0.05, 0) is 25.5 Å². The second kappa shape index (κ2) is 5.66. The Bertz CT molecular complexity index is 541. The van der Waals surface area contributed by atoms with Gasteiger partial charge >= 0.3 is 12.4 Å². The lowest BCUT2D eigenvalue weighted by molar-refractivity contribution is -0.300. The highest BCUT2D eigenvalue weighted by Gasteiger charge is 2.59. The molecule has 118 valence electrons. The van der Waals surface area contributed by atoms with Gasteiger partial charge in [-0.2, -0.15) is 26.3 Å². The molecule has 1 aromatic rings. The quantitative estimate of drug-likeness (QED) is 0.682. The van der Waals surface area contributed by atoms with Crippen molar-refractivity contribution in [1.29, 1.82) is 0 Å². The molecule has 0 aliphatic rings. The minimum Gasteiger partial charge on any atom is -0.454 e. The fraction of sp³-hybridized carbons (Fsp3) is 0.455. The molecule has 0 aliphatic heterocycles. The molecule has 21 heavy (non-hydrogen) atoms. The maximum absolute atomic E-state index is 12.5. The molecule has 0 bridgehead atoms. The molecule has 3 nitrogen and oxygen atoms in total. The zero-order valence-corrected chi connectivity index (χ0v) is 11.6. The van der Waals surface area contributed by atoms with Gasteiger partial charge in [0.25, 0.3) is 6.10 Å². The van der Waals surface area contributed by atoms with Crippen molar-refractivity contribution in [2.45, 2.75) is 32.3 Å². The Morgan fingerprint density at radius 2 is 1.67 bits per heavy atom. The lowest BCUT2D eigenvalue weighted by Crippen LogP contribution is -2.47. The molecule has 0 saturated carbocycles. The van der Waals surface area contributed by atoms with E-state index in [0.717, 1.165) is 0 Å². The first kappa shape index (κ1) is 17.5. The molecular formula is C11H10F6N2OS. The molecule has 1 heterocycles. The van der Waals surface area contributed by atoms with E-state index >= 15 is 0 Å². The van der Waals surface area contributed by atoms with Crippen molar-refractivity contribution in [2.75, 3.05) is 0 Å². The van der Waals surface area contributed by atoms with Crippen LogP contribution < -0.4 is 10.5 Å². The SMILES string of the molecule is Cc1cc(C)c(C(N)=S)c(OC(C(F)(F)F)C(F)(F)F)n1. The minimum atomic E-state index is -5.65. The number of halogens is 6. The van der Waals surface area contributed by atoms with E-state index in [2.05, 4.69) is 21.9 Å². The third-order valence-corrected chi connectivity index (χ3v) is 2.59. The highest BCUT2D eigenvalue weighted by atomic mass is 32.1. The fourth-order valence-electron chi connectivity index (χ4n) is 1.62. The van der Waals surface area contributed by atoms with Crippen molar-refractivity contribution >= 4 is 17.2 Å². The van der Waals surface area contributed by atoms with Crippen LogP contribution >= 0.6 is 12.2 Å². The number of ether oxygens (including phenoxy) is 1. The average molecular weight is 332 g/mol. The summed E-state index contributed by atoms with van der Waals surface area (Å²) in [5, 5.41) is 0. The van der Waals surface area contributed by atoms with E-state index in [4.69, 9.17) is 5.73 Å². The van der Waals surface area contributed by atoms with Crippen molar-refractivity contribution in [2.24, 2.45) is 5.73 Å². The predicted octanol–water partition coefficient (Wildman–Crippen LogP) is 3.20. The average Bonchev–Trinajstić information content (AvgIpc) is 2.20. The van der Waals surface area contributed by atoms with Crippen LogP contribution in [-0.4, -0.2) is 28.4 Å². The van der Waals surface area contributed by atoms with Crippen molar-refractivity contribution in [1.82, 2.24) is 4.98 Å². The van der Waals surface area contributed by atoms with Crippen molar-refractivity contribution < 1.29 is 31.1 Å². The van der Waals surface area contributed by atoms with Crippen LogP contribution in [0.5, 0.6) is 5.88 Å². The van der Waals surface area contributed by atoms with E-state index < -0.39 is 29.3 Å². The van der Waals surface area contributed by atoms with Gasteiger partial charge in [0.2, 0.25) is 5.88 Å². The topological polar surface area (TPSA) is 48.1 Å². The zero-order chi connectivity index (χ0) is 16.6. The number of pyridine rings is 1. The Morgan fingerprint density at radius 3 is 2.05 bits per heavy atom. The van der Waals surface area contributed by atoms with Gasteiger partial charge in [-0.25, -0.2) is 4.98 Å². The largest absolute Gasteiger partial charge is 0.454 e. The van der Waals surface area contributed by atoms with Crippen LogP contribution in [0.2, 0.25) is 0 Å². The van der Waals surface area contributed by atoms with E-state index in [1.807, 2.05) is 0 Å². The predicted molar refractivity (Wildman–Crippen MR) is 66.1 cm³/mol. The summed E-state index contributed by atoms with van der Waals surface area (Å²) in [6.07, 6.45) is -15.3. The van der Waals surface area contributed by atoms with Crippen LogP contribution in [0, 0.1) is 13.8 Å². The minimum absolute atomic E-state index is 0.172. The smallest absolute Gasteiger partial charge is 0.434 e. The summed E-state index contributed by atoms with van der Waals surface area (Å²) in [5.41, 5.74) is 5.50. The molecule has 0 unspecified atom stereocenters. The summed E-state index contributed by atoms with van der Waals surface area (Å²) in [7, 11) is 0. The van der Waals surface area contributed by atoms with Crippen molar-refractivity contribution in [3.63, 3.8) is 0 Å². The Hall–Kier alpha value is -1.58. The van der Waals surface area contributed by atoms with Crippen LogP contribution in [-0.2, 0) is 0 Å². The lowest BCUT2D eigenvalue weighted by Gasteiger charge is -2.24. The number of aryl methyl sites for hydroxylation is 2. The number of hydrogen-bond donors (Lipinski definition) is 1. The molecule has 1 aromatic heterocycles. The fourth-order valence-corrected chi connectivity index (χ4v) is 1.87. The Balaban J connectivity index is 3.37. The summed E-state index contributed by atoms with van der Waals surface area (Å²) < 4.78 is 79.1. The highest BCUT2D eigenvalue weighted by molar-refractivity contribution is 7.80. The molecule has 0 saturated heterocycles. The Labute approximate surface area is 121 Å². The van der Waals surface area contributed by atoms with Crippen molar-refractivity contribution in [3.05, 3.63) is 22.9 Å². The van der Waals surface area contributed by atoms with Gasteiger partial charge in [-0.15, -0.1) is 0 Å². The summed E-state index contributed by atoms with van der Waals surface area (Å²) in [6.45, 7) is 2.81. The summed E-state index contributed by atoms with van der Waals surface area (Å²) in [5.74, 6) is -0.889. The molecule has 0 radical (unpaired) electrons. The molecule has 0 aromatic carbocycles. The molecule has 0 aliphatic carbocycles. The first-order valence-corrected chi connectivity index (χ1v) is 5.83. The van der Waals surface area contributed by atoms with Crippen LogP contribution in [0.1, 0.15) is 16.8 Å². The molecular weight excluding hydrogens is 322 g/mol. The number of aromatic nitrogens is 1. The molecule has 2 N–H and O–H groups in total. The standard InChI is InChI=1S/C11H10F6N2OS/c1-4-3-5(2)19-8(6(4)7(18)21)20-9(10(12,13)14)11(15,16)17/h3,9H,1-2H3,(H2,18,21). The van der Waals surface area contributed by atoms with Gasteiger partial charge in [0.15, 0.2) is 0 Å². The maximum Gasteiger partial charge on any atom is 0.434 e. The van der Waals surface area contributed by atoms with E-state index in [-0.39, 0.29) is 16.8 Å². The normalized spacial score (nSPS) is 12.6. The maximum atomic E-state index is 12.5. The van der Waals surface area contributed by atoms with Gasteiger partial charge in [-0.1, -0.05) is 12.2 Å². The van der Waals surface area contributed by atoms with Crippen LogP contribution in [0.3, 0.4) is 0 Å². The second-order valence-electron chi connectivity index (χ2n) is 4.21. The molecule has 1 rings (SSSR count). The summed E-state index contributed by atoms with van der Waals surface area (Å²) >= 11 is 4.62. The molecule has 0 fully saturated rings. The van der Waals surface area contributed by atoms with Gasteiger partial charge in [0.1, 0.15) is 4.99 Å². The number of rotatable bonds is 3. The van der Waals surface area contributed by atoms with Gasteiger partial charge in [0, 0.05) is 5.69 Å². The Morgan fingerprint density at radius 1 is 1.19 bits per heavy atom. The molecule has 10 heteroatoms. The monoisotopic (exact) mass is 332 g/mol. The van der Waals surface area contributed by atoms with Gasteiger partial charge < -0.3 is 10.5 Å². The number of thiocarbonyl (C=S) groups is 1. The summed E-state index contributed by atoms with van der Waals surface area (Å²) in [6, 6.07) is 1.41. The summed E-state index contributed by atoms with van der Waals surface area (Å²) in [4.78, 5) is 3.13. The number of alkyl halides is 6. The van der Waals surface area contributed by atoms with E-state index in [1.165, 1.54) is 19.9 Å². The van der Waals surface area contributed by atoms with Gasteiger partial charge in [0.05, 0.1) is 5.56 Å².